The average molecular weight is 343 g/mol. The fraction of sp³-hybridized carbons (Fsp3) is 0.591. The second-order valence-electron chi connectivity index (χ2n) is 7.40. The third-order valence-corrected chi connectivity index (χ3v) is 5.32. The van der Waals surface area contributed by atoms with Crippen molar-refractivity contribution in [2.75, 3.05) is 0 Å². The van der Waals surface area contributed by atoms with E-state index in [1.165, 1.54) is 57.8 Å². The number of hydrogen-bond acceptors (Lipinski definition) is 2. The number of hydrazine groups is 1. The maximum Gasteiger partial charge on any atom is 0.265 e. The maximum atomic E-state index is 12.4. The Morgan fingerprint density at radius 1 is 0.920 bits per heavy atom. The van der Waals surface area contributed by atoms with E-state index in [0.717, 1.165) is 19.3 Å². The molecule has 3 heteroatoms. The molecule has 0 unspecified atom stereocenters. The standard InChI is InChI=1S/C22H34N2O/c1-2-17-22(24-23-21(25)20-15-11-10-12-16-20)18-13-8-6-4-3-5-7-9-14-19-22/h2,10-12,15-16,24H,1,3-9,13-14,17-19H2,(H,23,25). The molecule has 2 N–H and O–H groups in total. The summed E-state index contributed by atoms with van der Waals surface area (Å²) < 4.78 is 0. The van der Waals surface area contributed by atoms with Gasteiger partial charge >= 0.3 is 0 Å². The summed E-state index contributed by atoms with van der Waals surface area (Å²) in [5.74, 6) is -0.0600. The third kappa shape index (κ3) is 7.03. The van der Waals surface area contributed by atoms with Crippen LogP contribution in [-0.4, -0.2) is 11.4 Å². The number of benzene rings is 1. The molecule has 0 spiro atoms. The van der Waals surface area contributed by atoms with Gasteiger partial charge in [-0.15, -0.1) is 6.58 Å². The molecule has 0 aliphatic heterocycles. The largest absolute Gasteiger partial charge is 0.287 e. The van der Waals surface area contributed by atoms with Gasteiger partial charge in [0, 0.05) is 11.1 Å². The monoisotopic (exact) mass is 342 g/mol. The molecule has 0 heterocycles. The van der Waals surface area contributed by atoms with Crippen molar-refractivity contribution in [1.29, 1.82) is 0 Å². The molecule has 1 aliphatic rings. The van der Waals surface area contributed by atoms with Gasteiger partial charge in [0.05, 0.1) is 0 Å². The molecular weight excluding hydrogens is 308 g/mol. The zero-order valence-corrected chi connectivity index (χ0v) is 15.6. The minimum Gasteiger partial charge on any atom is -0.287 e. The Hall–Kier alpha value is -1.61. The molecule has 138 valence electrons. The van der Waals surface area contributed by atoms with E-state index in [-0.39, 0.29) is 11.4 Å². The summed E-state index contributed by atoms with van der Waals surface area (Å²) in [5.41, 5.74) is 7.01. The van der Waals surface area contributed by atoms with E-state index in [2.05, 4.69) is 17.4 Å². The molecule has 1 aliphatic carbocycles. The number of hydrogen-bond donors (Lipinski definition) is 2. The molecule has 1 amide bonds. The second-order valence-corrected chi connectivity index (χ2v) is 7.40. The van der Waals surface area contributed by atoms with E-state index in [1.54, 1.807) is 0 Å². The van der Waals surface area contributed by atoms with Crippen molar-refractivity contribution in [2.45, 2.75) is 82.6 Å². The molecule has 2 rings (SSSR count). The average Bonchev–Trinajstić information content (AvgIpc) is 2.63. The first kappa shape index (κ1) is 19.7. The summed E-state index contributed by atoms with van der Waals surface area (Å²) >= 11 is 0. The quantitative estimate of drug-likeness (QED) is 0.545. The van der Waals surface area contributed by atoms with Gasteiger partial charge in [0.2, 0.25) is 0 Å². The summed E-state index contributed by atoms with van der Waals surface area (Å²) in [5, 5.41) is 0. The highest BCUT2D eigenvalue weighted by Crippen LogP contribution is 2.27. The van der Waals surface area contributed by atoms with Crippen molar-refractivity contribution in [2.24, 2.45) is 0 Å². The van der Waals surface area contributed by atoms with Crippen LogP contribution in [0, 0.1) is 0 Å². The second kappa shape index (κ2) is 11.1. The minimum atomic E-state index is -0.0641. The molecule has 0 atom stereocenters. The van der Waals surface area contributed by atoms with Crippen molar-refractivity contribution in [3.8, 4) is 0 Å². The van der Waals surface area contributed by atoms with E-state index in [4.69, 9.17) is 0 Å². The third-order valence-electron chi connectivity index (χ3n) is 5.32. The lowest BCUT2D eigenvalue weighted by atomic mass is 9.83. The topological polar surface area (TPSA) is 41.1 Å². The van der Waals surface area contributed by atoms with Crippen LogP contribution in [0.3, 0.4) is 0 Å². The molecule has 0 bridgehead atoms. The van der Waals surface area contributed by atoms with Gasteiger partial charge in [-0.3, -0.25) is 10.2 Å². The van der Waals surface area contributed by atoms with E-state index in [9.17, 15) is 4.79 Å². The number of nitrogens with one attached hydrogen (secondary N) is 2. The predicted octanol–water partition coefficient (Wildman–Crippen LogP) is 5.54. The SMILES string of the molecule is C=CCC1(NNC(=O)c2ccccc2)CCCCCCCCCCC1. The Morgan fingerprint density at radius 2 is 1.44 bits per heavy atom. The number of amides is 1. The van der Waals surface area contributed by atoms with Crippen molar-refractivity contribution in [3.63, 3.8) is 0 Å². The lowest BCUT2D eigenvalue weighted by Gasteiger charge is -2.35. The lowest BCUT2D eigenvalue weighted by molar-refractivity contribution is 0.0892. The molecule has 1 saturated carbocycles. The highest BCUT2D eigenvalue weighted by atomic mass is 16.2. The van der Waals surface area contributed by atoms with E-state index in [0.29, 0.717) is 5.56 Å². The smallest absolute Gasteiger partial charge is 0.265 e. The Balaban J connectivity index is 1.98. The number of carbonyl (C=O) groups is 1. The summed E-state index contributed by atoms with van der Waals surface area (Å²) in [4.78, 5) is 12.4. The van der Waals surface area contributed by atoms with E-state index < -0.39 is 0 Å². The fourth-order valence-electron chi connectivity index (χ4n) is 3.80. The van der Waals surface area contributed by atoms with Gasteiger partial charge in [0.1, 0.15) is 0 Å². The zero-order valence-electron chi connectivity index (χ0n) is 15.6. The molecule has 0 saturated heterocycles. The van der Waals surface area contributed by atoms with Crippen LogP contribution in [0.15, 0.2) is 43.0 Å². The lowest BCUT2D eigenvalue weighted by Crippen LogP contribution is -2.54. The summed E-state index contributed by atoms with van der Waals surface area (Å²) in [6, 6.07) is 9.40. The van der Waals surface area contributed by atoms with Gasteiger partial charge in [-0.1, -0.05) is 82.1 Å². The van der Waals surface area contributed by atoms with Crippen LogP contribution in [0.2, 0.25) is 0 Å². The first-order valence-corrected chi connectivity index (χ1v) is 9.99. The molecule has 0 radical (unpaired) electrons. The van der Waals surface area contributed by atoms with Gasteiger partial charge < -0.3 is 0 Å². The molecule has 3 nitrogen and oxygen atoms in total. The first-order chi connectivity index (χ1) is 12.3. The van der Waals surface area contributed by atoms with Crippen LogP contribution in [-0.2, 0) is 0 Å². The van der Waals surface area contributed by atoms with Gasteiger partial charge in [0.25, 0.3) is 5.91 Å². The highest BCUT2D eigenvalue weighted by Gasteiger charge is 2.28. The van der Waals surface area contributed by atoms with Gasteiger partial charge in [-0.05, 0) is 31.4 Å². The van der Waals surface area contributed by atoms with E-state index in [1.807, 2.05) is 36.4 Å². The zero-order chi connectivity index (χ0) is 17.8. The Morgan fingerprint density at radius 3 is 1.96 bits per heavy atom. The van der Waals surface area contributed by atoms with Crippen molar-refractivity contribution in [1.82, 2.24) is 10.9 Å². The van der Waals surface area contributed by atoms with Gasteiger partial charge in [0.15, 0.2) is 0 Å². The molecule has 0 aromatic heterocycles. The summed E-state index contributed by atoms with van der Waals surface area (Å²) in [6.45, 7) is 3.96. The molecule has 1 aromatic rings. The maximum absolute atomic E-state index is 12.4. The Kier molecular flexibility index (Phi) is 8.75. The Bertz CT molecular complexity index is 500. The summed E-state index contributed by atoms with van der Waals surface area (Å²) in [7, 11) is 0. The van der Waals surface area contributed by atoms with Crippen LogP contribution >= 0.6 is 0 Å². The van der Waals surface area contributed by atoms with Crippen LogP contribution < -0.4 is 10.9 Å². The normalized spacial score (nSPS) is 19.2. The van der Waals surface area contributed by atoms with Crippen LogP contribution in [0.4, 0.5) is 0 Å². The molecule has 25 heavy (non-hydrogen) atoms. The van der Waals surface area contributed by atoms with Crippen molar-refractivity contribution in [3.05, 3.63) is 48.6 Å². The predicted molar refractivity (Wildman–Crippen MR) is 105 cm³/mol. The summed E-state index contributed by atoms with van der Waals surface area (Å²) in [6.07, 6.45) is 16.9. The first-order valence-electron chi connectivity index (χ1n) is 9.99. The highest BCUT2D eigenvalue weighted by molar-refractivity contribution is 5.93. The van der Waals surface area contributed by atoms with Crippen molar-refractivity contribution < 1.29 is 4.79 Å². The van der Waals surface area contributed by atoms with Crippen LogP contribution in [0.25, 0.3) is 0 Å². The van der Waals surface area contributed by atoms with Gasteiger partial charge in [-0.25, -0.2) is 5.43 Å². The van der Waals surface area contributed by atoms with Crippen molar-refractivity contribution >= 4 is 5.91 Å². The molecular formula is C22H34N2O. The Labute approximate surface area is 153 Å². The van der Waals surface area contributed by atoms with E-state index >= 15 is 0 Å². The fourth-order valence-corrected chi connectivity index (χ4v) is 3.80. The van der Waals surface area contributed by atoms with Crippen LogP contribution in [0.5, 0.6) is 0 Å². The minimum absolute atomic E-state index is 0.0600. The van der Waals surface area contributed by atoms with Gasteiger partial charge in [-0.2, -0.15) is 0 Å². The molecule has 1 fully saturated rings. The van der Waals surface area contributed by atoms with Crippen LogP contribution in [0.1, 0.15) is 87.4 Å². The molecule has 1 aromatic carbocycles. The number of carbonyl (C=O) groups excluding carboxylic acids is 1. The number of rotatable bonds is 5.